The number of carbonyl (C=O) groups is 1. The number of aromatic nitrogens is 2. The number of pyridine rings is 1. The number of amides is 1. The van der Waals surface area contributed by atoms with Crippen LogP contribution in [0.3, 0.4) is 0 Å². The molecule has 0 atom stereocenters. The van der Waals surface area contributed by atoms with E-state index in [2.05, 4.69) is 16.9 Å². The summed E-state index contributed by atoms with van der Waals surface area (Å²) in [6.07, 6.45) is 4.29. The van der Waals surface area contributed by atoms with Crippen LogP contribution in [0.25, 0.3) is 11.7 Å². The number of fused-ring (bicyclic) bond motifs is 1. The first-order chi connectivity index (χ1) is 15.3. The fourth-order valence-corrected chi connectivity index (χ4v) is 3.15. The monoisotopic (exact) mass is 428 g/mol. The summed E-state index contributed by atoms with van der Waals surface area (Å²) < 4.78 is 7.49. The van der Waals surface area contributed by atoms with Gasteiger partial charge in [-0.3, -0.25) is 14.0 Å². The van der Waals surface area contributed by atoms with E-state index in [9.17, 15) is 14.9 Å². The van der Waals surface area contributed by atoms with Crippen molar-refractivity contribution in [1.82, 2.24) is 14.7 Å². The van der Waals surface area contributed by atoms with Crippen LogP contribution in [0.4, 0.5) is 0 Å². The fourth-order valence-electron chi connectivity index (χ4n) is 3.15. The quantitative estimate of drug-likeness (QED) is 0.347. The Balaban J connectivity index is 2.23. The van der Waals surface area contributed by atoms with E-state index < -0.39 is 11.5 Å². The number of nitrogens with one attached hydrogen (secondary N) is 1. The van der Waals surface area contributed by atoms with Crippen LogP contribution in [0.2, 0.25) is 0 Å². The molecule has 0 saturated heterocycles. The second-order valence-electron chi connectivity index (χ2n) is 7.53. The molecule has 0 fully saturated rings. The summed E-state index contributed by atoms with van der Waals surface area (Å²) in [4.78, 5) is 30.1. The molecule has 1 aromatic carbocycles. The molecule has 0 spiro atoms. The van der Waals surface area contributed by atoms with E-state index in [0.29, 0.717) is 11.4 Å². The van der Waals surface area contributed by atoms with Crippen molar-refractivity contribution in [3.8, 4) is 17.7 Å². The normalized spacial score (nSPS) is 11.3. The molecular formula is C25H24N4O3. The standard InChI is InChI=1S/C25H24N4O3/c1-5-11-27-23(30)18(15-26)14-20-24(28-22-8-6-7-12-29(22)25(20)31)32-21-13-17(4)9-10-19(21)16(2)3/h5-10,12-14,16H,1,11H2,2-4H3,(H,27,30). The number of nitriles is 1. The molecule has 3 rings (SSSR count). The van der Waals surface area contributed by atoms with Crippen molar-refractivity contribution in [2.75, 3.05) is 6.54 Å². The highest BCUT2D eigenvalue weighted by atomic mass is 16.5. The minimum Gasteiger partial charge on any atom is -0.438 e. The van der Waals surface area contributed by atoms with Crippen LogP contribution in [0.1, 0.15) is 36.5 Å². The van der Waals surface area contributed by atoms with Gasteiger partial charge in [0.1, 0.15) is 28.6 Å². The Morgan fingerprint density at radius 3 is 2.81 bits per heavy atom. The Hall–Kier alpha value is -4.18. The summed E-state index contributed by atoms with van der Waals surface area (Å²) in [6.45, 7) is 9.76. The number of rotatable bonds is 7. The molecule has 1 amide bonds. The van der Waals surface area contributed by atoms with Crippen LogP contribution in [-0.4, -0.2) is 21.8 Å². The van der Waals surface area contributed by atoms with Gasteiger partial charge < -0.3 is 10.1 Å². The third kappa shape index (κ3) is 4.76. The Morgan fingerprint density at radius 1 is 1.34 bits per heavy atom. The number of hydrogen-bond acceptors (Lipinski definition) is 5. The molecule has 2 heterocycles. The van der Waals surface area contributed by atoms with Gasteiger partial charge in [0.2, 0.25) is 5.88 Å². The van der Waals surface area contributed by atoms with Crippen LogP contribution in [0, 0.1) is 18.3 Å². The Morgan fingerprint density at radius 2 is 2.12 bits per heavy atom. The average molecular weight is 428 g/mol. The molecule has 162 valence electrons. The largest absolute Gasteiger partial charge is 0.438 e. The summed E-state index contributed by atoms with van der Waals surface area (Å²) in [6, 6.07) is 12.8. The second kappa shape index (κ2) is 9.75. The fraction of sp³-hybridized carbons (Fsp3) is 0.200. The van der Waals surface area contributed by atoms with E-state index in [1.807, 2.05) is 45.0 Å². The predicted molar refractivity (Wildman–Crippen MR) is 124 cm³/mol. The number of aryl methyl sites for hydroxylation is 1. The maximum atomic E-state index is 13.3. The second-order valence-corrected chi connectivity index (χ2v) is 7.53. The maximum Gasteiger partial charge on any atom is 0.269 e. The van der Waals surface area contributed by atoms with Gasteiger partial charge in [-0.05, 0) is 48.2 Å². The van der Waals surface area contributed by atoms with Gasteiger partial charge in [0.25, 0.3) is 11.5 Å². The molecule has 2 aromatic heterocycles. The molecule has 7 heteroatoms. The van der Waals surface area contributed by atoms with Crippen molar-refractivity contribution in [2.45, 2.75) is 26.7 Å². The van der Waals surface area contributed by atoms with Crippen LogP contribution in [0.15, 0.2) is 65.6 Å². The molecular weight excluding hydrogens is 404 g/mol. The minimum atomic E-state index is -0.616. The van der Waals surface area contributed by atoms with Crippen LogP contribution in [0.5, 0.6) is 11.6 Å². The van der Waals surface area contributed by atoms with Crippen molar-refractivity contribution in [2.24, 2.45) is 0 Å². The zero-order chi connectivity index (χ0) is 23.3. The topological polar surface area (TPSA) is 96.5 Å². The lowest BCUT2D eigenvalue weighted by atomic mass is 10.0. The molecule has 0 saturated carbocycles. The van der Waals surface area contributed by atoms with E-state index >= 15 is 0 Å². The van der Waals surface area contributed by atoms with E-state index in [1.165, 1.54) is 16.6 Å². The first-order valence-corrected chi connectivity index (χ1v) is 10.2. The van der Waals surface area contributed by atoms with Crippen LogP contribution in [-0.2, 0) is 4.79 Å². The molecule has 0 aliphatic heterocycles. The van der Waals surface area contributed by atoms with Gasteiger partial charge >= 0.3 is 0 Å². The number of benzene rings is 1. The lowest BCUT2D eigenvalue weighted by Crippen LogP contribution is -2.25. The van der Waals surface area contributed by atoms with Gasteiger partial charge in [-0.15, -0.1) is 6.58 Å². The summed E-state index contributed by atoms with van der Waals surface area (Å²) in [5.74, 6) is 0.147. The molecule has 0 bridgehead atoms. The van der Waals surface area contributed by atoms with Crippen molar-refractivity contribution in [3.05, 3.63) is 87.9 Å². The highest BCUT2D eigenvalue weighted by Gasteiger charge is 2.18. The summed E-state index contributed by atoms with van der Waals surface area (Å²) in [7, 11) is 0. The SMILES string of the molecule is C=CCNC(=O)C(C#N)=Cc1c(Oc2cc(C)ccc2C(C)C)nc2ccccn2c1=O. The smallest absolute Gasteiger partial charge is 0.269 e. The van der Waals surface area contributed by atoms with Crippen LogP contribution >= 0.6 is 0 Å². The molecule has 0 aliphatic rings. The molecule has 3 aromatic rings. The Kier molecular flexibility index (Phi) is 6.86. The van der Waals surface area contributed by atoms with Gasteiger partial charge in [0.15, 0.2) is 0 Å². The van der Waals surface area contributed by atoms with Crippen molar-refractivity contribution in [3.63, 3.8) is 0 Å². The molecule has 1 N–H and O–H groups in total. The highest BCUT2D eigenvalue weighted by molar-refractivity contribution is 6.02. The first-order valence-electron chi connectivity index (χ1n) is 10.2. The zero-order valence-electron chi connectivity index (χ0n) is 18.3. The molecule has 32 heavy (non-hydrogen) atoms. The first kappa shape index (κ1) is 22.5. The van der Waals surface area contributed by atoms with Gasteiger partial charge in [-0.2, -0.15) is 10.2 Å². The minimum absolute atomic E-state index is 0.00946. The zero-order valence-corrected chi connectivity index (χ0v) is 18.3. The Labute approximate surface area is 186 Å². The summed E-state index contributed by atoms with van der Waals surface area (Å²) >= 11 is 0. The number of nitrogens with zero attached hydrogens (tertiary/aromatic N) is 3. The van der Waals surface area contributed by atoms with Crippen molar-refractivity contribution >= 4 is 17.6 Å². The average Bonchev–Trinajstić information content (AvgIpc) is 2.77. The van der Waals surface area contributed by atoms with Crippen LogP contribution < -0.4 is 15.6 Å². The third-order valence-corrected chi connectivity index (χ3v) is 4.79. The Bertz CT molecular complexity index is 1310. The van der Waals surface area contributed by atoms with Gasteiger partial charge in [0, 0.05) is 12.7 Å². The number of hydrogen-bond donors (Lipinski definition) is 1. The maximum absolute atomic E-state index is 13.3. The summed E-state index contributed by atoms with van der Waals surface area (Å²) in [5, 5.41) is 12.1. The van der Waals surface area contributed by atoms with E-state index in [4.69, 9.17) is 4.74 Å². The van der Waals surface area contributed by atoms with E-state index in [0.717, 1.165) is 11.1 Å². The molecule has 0 radical (unpaired) electrons. The lowest BCUT2D eigenvalue weighted by Gasteiger charge is -2.16. The number of carbonyl (C=O) groups excluding carboxylic acids is 1. The van der Waals surface area contributed by atoms with Crippen molar-refractivity contribution < 1.29 is 9.53 Å². The lowest BCUT2D eigenvalue weighted by molar-refractivity contribution is -0.116. The van der Waals surface area contributed by atoms with E-state index in [-0.39, 0.29) is 29.5 Å². The predicted octanol–water partition coefficient (Wildman–Crippen LogP) is 4.13. The summed E-state index contributed by atoms with van der Waals surface area (Å²) in [5.41, 5.74) is 1.65. The molecule has 0 unspecified atom stereocenters. The van der Waals surface area contributed by atoms with Gasteiger partial charge in [-0.25, -0.2) is 0 Å². The van der Waals surface area contributed by atoms with Gasteiger partial charge in [0.05, 0.1) is 0 Å². The third-order valence-electron chi connectivity index (χ3n) is 4.79. The van der Waals surface area contributed by atoms with Gasteiger partial charge in [-0.1, -0.05) is 38.1 Å². The molecule has 7 nitrogen and oxygen atoms in total. The number of ether oxygens (including phenoxy) is 1. The molecule has 0 aliphatic carbocycles. The van der Waals surface area contributed by atoms with Crippen molar-refractivity contribution in [1.29, 1.82) is 5.26 Å². The highest BCUT2D eigenvalue weighted by Crippen LogP contribution is 2.32. The van der Waals surface area contributed by atoms with E-state index in [1.54, 1.807) is 24.4 Å².